The Balaban J connectivity index is 1.32. The van der Waals surface area contributed by atoms with Gasteiger partial charge in [0.05, 0.1) is 11.4 Å². The quantitative estimate of drug-likeness (QED) is 0.333. The lowest BCUT2D eigenvalue weighted by atomic mass is 10.1. The lowest BCUT2D eigenvalue weighted by Gasteiger charge is -2.13. The second kappa shape index (κ2) is 9.00. The van der Waals surface area contributed by atoms with Crippen molar-refractivity contribution in [2.45, 2.75) is 6.92 Å². The van der Waals surface area contributed by atoms with E-state index in [0.717, 1.165) is 39.8 Å². The van der Waals surface area contributed by atoms with Gasteiger partial charge in [0.1, 0.15) is 12.4 Å². The molecule has 4 aromatic rings. The SMILES string of the molecule is Cc1ccc(OCCN2C(=O)S/C(=C\c3cccn3-c3ccc4ccccc4c3)C2=O)cc1. The van der Waals surface area contributed by atoms with Gasteiger partial charge in [-0.3, -0.25) is 14.5 Å². The standard InChI is InChI=1S/C27H22N2O3S/c1-19-8-12-24(13-9-19)32-16-15-29-26(30)25(33-27(29)31)18-22-7-4-14-28(22)23-11-10-20-5-2-3-6-21(20)17-23/h2-14,17-18H,15-16H2,1H3/b25-18-. The molecule has 0 atom stereocenters. The summed E-state index contributed by atoms with van der Waals surface area (Å²) in [5.74, 6) is 0.431. The highest BCUT2D eigenvalue weighted by Crippen LogP contribution is 2.32. The Morgan fingerprint density at radius 1 is 0.909 bits per heavy atom. The van der Waals surface area contributed by atoms with Gasteiger partial charge in [-0.25, -0.2) is 0 Å². The molecule has 2 heterocycles. The number of thioether (sulfide) groups is 1. The predicted octanol–water partition coefficient (Wildman–Crippen LogP) is 6.05. The number of carbonyl (C=O) groups excluding carboxylic acids is 2. The molecule has 0 bridgehead atoms. The van der Waals surface area contributed by atoms with Crippen LogP contribution in [-0.2, 0) is 4.79 Å². The molecule has 5 nitrogen and oxygen atoms in total. The summed E-state index contributed by atoms with van der Waals surface area (Å²) in [5.41, 5.74) is 2.98. The number of aromatic nitrogens is 1. The zero-order chi connectivity index (χ0) is 22.8. The second-order valence-corrected chi connectivity index (χ2v) is 8.82. The topological polar surface area (TPSA) is 51.5 Å². The van der Waals surface area contributed by atoms with Gasteiger partial charge in [0.2, 0.25) is 0 Å². The smallest absolute Gasteiger partial charge is 0.293 e. The minimum absolute atomic E-state index is 0.210. The summed E-state index contributed by atoms with van der Waals surface area (Å²) in [6.07, 6.45) is 3.73. The van der Waals surface area contributed by atoms with E-state index in [1.54, 1.807) is 6.08 Å². The largest absolute Gasteiger partial charge is 0.492 e. The van der Waals surface area contributed by atoms with E-state index in [1.807, 2.05) is 72.3 Å². The first-order chi connectivity index (χ1) is 16.1. The summed E-state index contributed by atoms with van der Waals surface area (Å²) in [6, 6.07) is 26.0. The minimum atomic E-state index is -0.288. The first-order valence-electron chi connectivity index (χ1n) is 10.7. The molecule has 33 heavy (non-hydrogen) atoms. The molecular weight excluding hydrogens is 432 g/mol. The zero-order valence-electron chi connectivity index (χ0n) is 18.1. The van der Waals surface area contributed by atoms with Crippen molar-refractivity contribution in [1.29, 1.82) is 0 Å². The molecule has 0 aliphatic carbocycles. The van der Waals surface area contributed by atoms with Gasteiger partial charge >= 0.3 is 0 Å². The summed E-state index contributed by atoms with van der Waals surface area (Å²) in [7, 11) is 0. The number of rotatable bonds is 6. The van der Waals surface area contributed by atoms with E-state index in [4.69, 9.17) is 4.74 Å². The van der Waals surface area contributed by atoms with Gasteiger partial charge in [-0.15, -0.1) is 0 Å². The molecule has 6 heteroatoms. The van der Waals surface area contributed by atoms with Gasteiger partial charge in [-0.2, -0.15) is 0 Å². The Labute approximate surface area is 196 Å². The van der Waals surface area contributed by atoms with Crippen molar-refractivity contribution in [2.24, 2.45) is 0 Å². The summed E-state index contributed by atoms with van der Waals surface area (Å²) in [4.78, 5) is 27.0. The molecule has 0 radical (unpaired) electrons. The van der Waals surface area contributed by atoms with E-state index < -0.39 is 0 Å². The normalized spacial score (nSPS) is 15.1. The van der Waals surface area contributed by atoms with Crippen LogP contribution in [0.1, 0.15) is 11.3 Å². The molecule has 1 fully saturated rings. The van der Waals surface area contributed by atoms with Gasteiger partial charge in [0, 0.05) is 17.6 Å². The Kier molecular flexibility index (Phi) is 5.75. The van der Waals surface area contributed by atoms with Crippen LogP contribution in [0.3, 0.4) is 0 Å². The first-order valence-corrected chi connectivity index (χ1v) is 11.5. The summed E-state index contributed by atoms with van der Waals surface area (Å²) in [6.45, 7) is 2.47. The van der Waals surface area contributed by atoms with Crippen LogP contribution in [0.5, 0.6) is 5.75 Å². The van der Waals surface area contributed by atoms with Gasteiger partial charge in [-0.1, -0.05) is 48.0 Å². The maximum absolute atomic E-state index is 12.9. The van der Waals surface area contributed by atoms with Crippen LogP contribution in [0, 0.1) is 6.92 Å². The number of amides is 2. The lowest BCUT2D eigenvalue weighted by Crippen LogP contribution is -2.32. The maximum atomic E-state index is 12.9. The average Bonchev–Trinajstić information content (AvgIpc) is 3.40. The number of nitrogens with zero attached hydrogens (tertiary/aromatic N) is 2. The first kappa shape index (κ1) is 21.1. The van der Waals surface area contributed by atoms with E-state index in [0.29, 0.717) is 4.91 Å². The molecule has 3 aromatic carbocycles. The Bertz CT molecular complexity index is 1370. The van der Waals surface area contributed by atoms with E-state index in [-0.39, 0.29) is 24.3 Å². The third kappa shape index (κ3) is 4.43. The van der Waals surface area contributed by atoms with Crippen molar-refractivity contribution in [3.8, 4) is 11.4 Å². The Morgan fingerprint density at radius 2 is 1.70 bits per heavy atom. The highest BCUT2D eigenvalue weighted by Gasteiger charge is 2.35. The lowest BCUT2D eigenvalue weighted by molar-refractivity contribution is -0.123. The van der Waals surface area contributed by atoms with Crippen molar-refractivity contribution in [1.82, 2.24) is 9.47 Å². The number of benzene rings is 3. The molecule has 1 aromatic heterocycles. The van der Waals surface area contributed by atoms with Crippen molar-refractivity contribution < 1.29 is 14.3 Å². The number of carbonyl (C=O) groups is 2. The van der Waals surface area contributed by atoms with E-state index in [9.17, 15) is 9.59 Å². The molecule has 0 saturated carbocycles. The summed E-state index contributed by atoms with van der Waals surface area (Å²) in [5, 5.41) is 2.04. The van der Waals surface area contributed by atoms with Gasteiger partial charge in [-0.05, 0) is 71.9 Å². The van der Waals surface area contributed by atoms with Crippen LogP contribution in [0.25, 0.3) is 22.5 Å². The molecule has 2 amide bonds. The fraction of sp³-hybridized carbons (Fsp3) is 0.111. The number of fused-ring (bicyclic) bond motifs is 1. The highest BCUT2D eigenvalue weighted by atomic mass is 32.2. The molecule has 164 valence electrons. The number of ether oxygens (including phenoxy) is 1. The molecule has 1 aliphatic heterocycles. The second-order valence-electron chi connectivity index (χ2n) is 7.83. The van der Waals surface area contributed by atoms with Crippen LogP contribution in [-0.4, -0.2) is 33.8 Å². The van der Waals surface area contributed by atoms with Crippen molar-refractivity contribution in [3.05, 3.63) is 101 Å². The van der Waals surface area contributed by atoms with Gasteiger partial charge in [0.15, 0.2) is 0 Å². The van der Waals surface area contributed by atoms with Crippen LogP contribution >= 0.6 is 11.8 Å². The monoisotopic (exact) mass is 454 g/mol. The van der Waals surface area contributed by atoms with E-state index in [2.05, 4.69) is 24.3 Å². The maximum Gasteiger partial charge on any atom is 0.293 e. The average molecular weight is 455 g/mol. The fourth-order valence-electron chi connectivity index (χ4n) is 3.79. The molecule has 0 unspecified atom stereocenters. The van der Waals surface area contributed by atoms with Crippen LogP contribution in [0.15, 0.2) is 90.0 Å². The van der Waals surface area contributed by atoms with E-state index in [1.165, 1.54) is 10.3 Å². The number of hydrogen-bond acceptors (Lipinski definition) is 4. The summed E-state index contributed by atoms with van der Waals surface area (Å²) >= 11 is 0.964. The number of imide groups is 1. The molecule has 0 N–H and O–H groups in total. The predicted molar refractivity (Wildman–Crippen MR) is 133 cm³/mol. The van der Waals surface area contributed by atoms with Crippen LogP contribution in [0.2, 0.25) is 0 Å². The van der Waals surface area contributed by atoms with Crippen molar-refractivity contribution in [3.63, 3.8) is 0 Å². The minimum Gasteiger partial charge on any atom is -0.492 e. The third-order valence-corrected chi connectivity index (χ3v) is 6.46. The van der Waals surface area contributed by atoms with Crippen molar-refractivity contribution in [2.75, 3.05) is 13.2 Å². The number of aryl methyl sites for hydroxylation is 1. The van der Waals surface area contributed by atoms with Crippen LogP contribution < -0.4 is 4.74 Å². The molecular formula is C27H22N2O3S. The Hall–Kier alpha value is -3.77. The van der Waals surface area contributed by atoms with Crippen LogP contribution in [0.4, 0.5) is 4.79 Å². The molecule has 0 spiro atoms. The Morgan fingerprint density at radius 3 is 2.52 bits per heavy atom. The highest BCUT2D eigenvalue weighted by molar-refractivity contribution is 8.18. The zero-order valence-corrected chi connectivity index (χ0v) is 18.9. The molecule has 1 saturated heterocycles. The third-order valence-electron chi connectivity index (χ3n) is 5.55. The van der Waals surface area contributed by atoms with E-state index >= 15 is 0 Å². The molecule has 5 rings (SSSR count). The van der Waals surface area contributed by atoms with Gasteiger partial charge in [0.25, 0.3) is 11.1 Å². The number of hydrogen-bond donors (Lipinski definition) is 0. The van der Waals surface area contributed by atoms with Crippen molar-refractivity contribution >= 4 is 39.8 Å². The fourth-order valence-corrected chi connectivity index (χ4v) is 4.64. The molecule has 1 aliphatic rings. The van der Waals surface area contributed by atoms with Gasteiger partial charge < -0.3 is 9.30 Å². The summed E-state index contributed by atoms with van der Waals surface area (Å²) < 4.78 is 7.71.